The highest BCUT2D eigenvalue weighted by Gasteiger charge is 2.40. The maximum atomic E-state index is 5.96. The number of hydrogen-bond acceptors (Lipinski definition) is 3. The Hall–Kier alpha value is -1.42. The zero-order valence-corrected chi connectivity index (χ0v) is 13.1. The lowest BCUT2D eigenvalue weighted by atomic mass is 9.87. The quantitative estimate of drug-likeness (QED) is 0.861. The van der Waals surface area contributed by atoms with Crippen molar-refractivity contribution in [3.63, 3.8) is 0 Å². The minimum absolute atomic E-state index is 0.257. The number of nitrogens with zero attached hydrogens (tertiary/aromatic N) is 4. The monoisotopic (exact) mass is 302 g/mol. The molecule has 110 valence electrons. The minimum Gasteiger partial charge on any atom is -0.311 e. The average Bonchev–Trinajstić information content (AvgIpc) is 3.38. The summed E-state index contributed by atoms with van der Waals surface area (Å²) in [5.41, 5.74) is 0.733. The number of halogens is 1. The van der Waals surface area contributed by atoms with Crippen molar-refractivity contribution in [3.05, 3.63) is 40.7 Å². The Morgan fingerprint density at radius 3 is 2.48 bits per heavy atom. The Kier molecular flexibility index (Phi) is 2.86. The molecule has 0 saturated heterocycles. The van der Waals surface area contributed by atoms with E-state index in [4.69, 9.17) is 11.6 Å². The number of aromatic nitrogens is 4. The van der Waals surface area contributed by atoms with E-state index in [0.29, 0.717) is 17.0 Å². The standard InChI is InChI=1S/C16H19ClN4/c1-16(2,13-8-5-11(17)9-18-13)15-20-19-14(10-3-4-10)21(15)12-6-7-12/h5,8-10,12H,3-4,6-7H2,1-2H3. The van der Waals surface area contributed by atoms with Gasteiger partial charge in [-0.2, -0.15) is 0 Å². The maximum Gasteiger partial charge on any atom is 0.145 e. The van der Waals surface area contributed by atoms with E-state index in [1.807, 2.05) is 12.1 Å². The van der Waals surface area contributed by atoms with Crippen molar-refractivity contribution in [2.75, 3.05) is 0 Å². The molecule has 0 aromatic carbocycles. The van der Waals surface area contributed by atoms with E-state index < -0.39 is 0 Å². The van der Waals surface area contributed by atoms with Crippen LogP contribution in [-0.4, -0.2) is 19.7 Å². The fourth-order valence-corrected chi connectivity index (χ4v) is 3.01. The average molecular weight is 303 g/mol. The third-order valence-electron chi connectivity index (χ3n) is 4.50. The zero-order valence-electron chi connectivity index (χ0n) is 12.4. The highest BCUT2D eigenvalue weighted by Crippen LogP contribution is 2.46. The van der Waals surface area contributed by atoms with Crippen molar-refractivity contribution < 1.29 is 0 Å². The lowest BCUT2D eigenvalue weighted by Crippen LogP contribution is -2.26. The van der Waals surface area contributed by atoms with Gasteiger partial charge in [0, 0.05) is 18.2 Å². The molecule has 0 atom stereocenters. The molecule has 2 aromatic rings. The summed E-state index contributed by atoms with van der Waals surface area (Å²) in [5, 5.41) is 9.72. The van der Waals surface area contributed by atoms with Crippen LogP contribution in [0.2, 0.25) is 5.02 Å². The molecule has 0 N–H and O–H groups in total. The Morgan fingerprint density at radius 2 is 1.90 bits per heavy atom. The molecule has 2 heterocycles. The summed E-state index contributed by atoms with van der Waals surface area (Å²) >= 11 is 5.96. The van der Waals surface area contributed by atoms with Crippen molar-refractivity contribution in [2.24, 2.45) is 0 Å². The van der Waals surface area contributed by atoms with E-state index in [2.05, 4.69) is 33.6 Å². The van der Waals surface area contributed by atoms with E-state index in [-0.39, 0.29) is 5.41 Å². The van der Waals surface area contributed by atoms with Crippen LogP contribution >= 0.6 is 11.6 Å². The zero-order chi connectivity index (χ0) is 14.6. The second-order valence-corrected chi connectivity index (χ2v) is 7.18. The fourth-order valence-electron chi connectivity index (χ4n) is 2.90. The van der Waals surface area contributed by atoms with Gasteiger partial charge in [0.25, 0.3) is 0 Å². The summed E-state index contributed by atoms with van der Waals surface area (Å²) in [5.74, 6) is 2.86. The van der Waals surface area contributed by atoms with Crippen LogP contribution in [0, 0.1) is 0 Å². The van der Waals surface area contributed by atoms with Crippen LogP contribution in [0.25, 0.3) is 0 Å². The highest BCUT2D eigenvalue weighted by atomic mass is 35.5. The fraction of sp³-hybridized carbons (Fsp3) is 0.562. The summed E-state index contributed by atoms with van der Waals surface area (Å²) in [4.78, 5) is 4.50. The lowest BCUT2D eigenvalue weighted by Gasteiger charge is -2.24. The molecule has 0 radical (unpaired) electrons. The molecule has 0 unspecified atom stereocenters. The van der Waals surface area contributed by atoms with Gasteiger partial charge in [-0.1, -0.05) is 11.6 Å². The summed E-state index contributed by atoms with van der Waals surface area (Å²) in [6, 6.07) is 4.48. The Balaban J connectivity index is 1.79. The van der Waals surface area contributed by atoms with Crippen LogP contribution in [0.5, 0.6) is 0 Å². The molecule has 2 fully saturated rings. The predicted molar refractivity (Wildman–Crippen MR) is 81.6 cm³/mol. The Morgan fingerprint density at radius 1 is 1.14 bits per heavy atom. The second-order valence-electron chi connectivity index (χ2n) is 6.74. The van der Waals surface area contributed by atoms with Crippen LogP contribution < -0.4 is 0 Å². The van der Waals surface area contributed by atoms with Crippen molar-refractivity contribution in [1.29, 1.82) is 0 Å². The van der Waals surface area contributed by atoms with Gasteiger partial charge in [0.2, 0.25) is 0 Å². The van der Waals surface area contributed by atoms with Crippen LogP contribution in [0.3, 0.4) is 0 Å². The summed E-state index contributed by atoms with van der Waals surface area (Å²) in [7, 11) is 0. The van der Waals surface area contributed by atoms with Crippen LogP contribution in [0.15, 0.2) is 18.3 Å². The topological polar surface area (TPSA) is 43.6 Å². The molecule has 2 saturated carbocycles. The maximum absolute atomic E-state index is 5.96. The highest BCUT2D eigenvalue weighted by molar-refractivity contribution is 6.30. The summed E-state index contributed by atoms with van der Waals surface area (Å²) in [6.45, 7) is 4.34. The molecule has 0 amide bonds. The van der Waals surface area contributed by atoms with Gasteiger partial charge < -0.3 is 4.57 Å². The molecule has 4 rings (SSSR count). The first-order chi connectivity index (χ1) is 10.1. The minimum atomic E-state index is -0.257. The predicted octanol–water partition coefficient (Wildman–Crippen LogP) is 3.86. The van der Waals surface area contributed by atoms with Crippen molar-refractivity contribution in [2.45, 2.75) is 56.9 Å². The third-order valence-corrected chi connectivity index (χ3v) is 4.73. The SMILES string of the molecule is CC(C)(c1ccc(Cl)cn1)c1nnc(C2CC2)n1C1CC1. The van der Waals surface area contributed by atoms with Crippen molar-refractivity contribution >= 4 is 11.6 Å². The first kappa shape index (κ1) is 13.3. The van der Waals surface area contributed by atoms with Crippen LogP contribution in [0.4, 0.5) is 0 Å². The van der Waals surface area contributed by atoms with Gasteiger partial charge in [0.05, 0.1) is 16.1 Å². The number of hydrogen-bond donors (Lipinski definition) is 0. The molecule has 2 aliphatic carbocycles. The smallest absolute Gasteiger partial charge is 0.145 e. The van der Waals surface area contributed by atoms with Gasteiger partial charge in [-0.05, 0) is 51.7 Å². The van der Waals surface area contributed by atoms with E-state index >= 15 is 0 Å². The number of rotatable bonds is 4. The molecule has 0 spiro atoms. The van der Waals surface area contributed by atoms with E-state index in [0.717, 1.165) is 11.5 Å². The van der Waals surface area contributed by atoms with E-state index in [9.17, 15) is 0 Å². The van der Waals surface area contributed by atoms with Gasteiger partial charge in [-0.25, -0.2) is 0 Å². The second kappa shape index (κ2) is 4.54. The van der Waals surface area contributed by atoms with Gasteiger partial charge in [0.1, 0.15) is 11.6 Å². The molecule has 4 nitrogen and oxygen atoms in total. The van der Waals surface area contributed by atoms with Crippen LogP contribution in [0.1, 0.15) is 68.8 Å². The van der Waals surface area contributed by atoms with Crippen molar-refractivity contribution in [1.82, 2.24) is 19.7 Å². The van der Waals surface area contributed by atoms with E-state index in [1.165, 1.54) is 31.5 Å². The molecular weight excluding hydrogens is 284 g/mol. The van der Waals surface area contributed by atoms with Gasteiger partial charge in [-0.3, -0.25) is 4.98 Å². The lowest BCUT2D eigenvalue weighted by molar-refractivity contribution is 0.514. The van der Waals surface area contributed by atoms with Gasteiger partial charge in [0.15, 0.2) is 0 Å². The Bertz CT molecular complexity index is 666. The van der Waals surface area contributed by atoms with Crippen molar-refractivity contribution in [3.8, 4) is 0 Å². The van der Waals surface area contributed by atoms with Crippen LogP contribution in [-0.2, 0) is 5.41 Å². The summed E-state index contributed by atoms with van der Waals surface area (Å²) < 4.78 is 2.40. The first-order valence-corrected chi connectivity index (χ1v) is 8.02. The Labute approximate surface area is 129 Å². The molecular formula is C16H19ClN4. The molecule has 21 heavy (non-hydrogen) atoms. The third kappa shape index (κ3) is 2.26. The number of pyridine rings is 1. The molecule has 0 aliphatic heterocycles. The van der Waals surface area contributed by atoms with E-state index in [1.54, 1.807) is 6.20 Å². The van der Waals surface area contributed by atoms with Gasteiger partial charge >= 0.3 is 0 Å². The van der Waals surface area contributed by atoms with Gasteiger partial charge in [-0.15, -0.1) is 10.2 Å². The summed E-state index contributed by atoms with van der Waals surface area (Å²) in [6.07, 6.45) is 6.71. The molecule has 2 aromatic heterocycles. The molecule has 2 aliphatic rings. The first-order valence-electron chi connectivity index (χ1n) is 7.64. The molecule has 0 bridgehead atoms. The normalized spacial score (nSPS) is 19.0. The molecule has 5 heteroatoms. The largest absolute Gasteiger partial charge is 0.311 e.